The van der Waals surface area contributed by atoms with Crippen molar-refractivity contribution in [3.63, 3.8) is 0 Å². The van der Waals surface area contributed by atoms with Crippen molar-refractivity contribution in [2.24, 2.45) is 5.73 Å². The molecule has 2 heterocycles. The minimum Gasteiger partial charge on any atom is -0.366 e. The van der Waals surface area contributed by atoms with Crippen LogP contribution in [0, 0.1) is 0 Å². The molecule has 2 atom stereocenters. The number of nitrogens with two attached hydrogens (primary N) is 1. The summed E-state index contributed by atoms with van der Waals surface area (Å²) >= 11 is 0. The Labute approximate surface area is 102 Å². The van der Waals surface area contributed by atoms with Gasteiger partial charge in [-0.1, -0.05) is 18.5 Å². The lowest BCUT2D eigenvalue weighted by Gasteiger charge is -2.29. The van der Waals surface area contributed by atoms with Gasteiger partial charge in [0, 0.05) is 12.6 Å². The molecule has 6 heteroatoms. The maximum Gasteiger partial charge on any atom is 0.221 e. The molecule has 17 heavy (non-hydrogen) atoms. The molecule has 1 amide bonds. The molecule has 2 aliphatic rings. The minimum atomic E-state index is -0.476. The van der Waals surface area contributed by atoms with Crippen LogP contribution >= 0.6 is 0 Å². The third-order valence-electron chi connectivity index (χ3n) is 2.84. The zero-order chi connectivity index (χ0) is 12.4. The van der Waals surface area contributed by atoms with Gasteiger partial charge in [0.25, 0.3) is 0 Å². The summed E-state index contributed by atoms with van der Waals surface area (Å²) in [4.78, 5) is 13.4. The van der Waals surface area contributed by atoms with Crippen molar-refractivity contribution in [3.05, 3.63) is 35.7 Å². The van der Waals surface area contributed by atoms with Crippen molar-refractivity contribution in [2.45, 2.75) is 25.7 Å². The monoisotopic (exact) mass is 232 g/mol. The molecule has 4 N–H and O–H groups in total. The van der Waals surface area contributed by atoms with Gasteiger partial charge >= 0.3 is 0 Å². The van der Waals surface area contributed by atoms with Crippen LogP contribution in [0.4, 0.5) is 0 Å². The maximum absolute atomic E-state index is 11.3. The third-order valence-corrected chi connectivity index (χ3v) is 2.84. The van der Waals surface area contributed by atoms with Crippen molar-refractivity contribution in [2.75, 3.05) is 0 Å². The smallest absolute Gasteiger partial charge is 0.221 e. The van der Waals surface area contributed by atoms with Gasteiger partial charge in [-0.05, 0) is 12.3 Å². The maximum atomic E-state index is 11.3. The second-order valence-corrected chi connectivity index (χ2v) is 4.22. The molecule has 0 radical (unpaired) electrons. The van der Waals surface area contributed by atoms with Gasteiger partial charge < -0.3 is 21.3 Å². The van der Waals surface area contributed by atoms with Crippen molar-refractivity contribution in [1.29, 1.82) is 0 Å². The fraction of sp³-hybridized carbons (Fsp3) is 0.364. The topological polar surface area (TPSA) is 70.4 Å². The van der Waals surface area contributed by atoms with E-state index in [0.717, 1.165) is 11.2 Å². The van der Waals surface area contributed by atoms with Gasteiger partial charge in [-0.3, -0.25) is 4.79 Å². The fourth-order valence-corrected chi connectivity index (χ4v) is 1.89. The SMILES string of the molecule is BC1=CN2C(C(N)NC(=O)CC)=CNC2C=C1. The van der Waals surface area contributed by atoms with E-state index in [1.807, 2.05) is 25.1 Å². The highest BCUT2D eigenvalue weighted by molar-refractivity contribution is 6.23. The summed E-state index contributed by atoms with van der Waals surface area (Å²) in [6.07, 6.45) is 8.06. The van der Waals surface area contributed by atoms with Gasteiger partial charge in [0.1, 0.15) is 20.2 Å². The van der Waals surface area contributed by atoms with E-state index < -0.39 is 6.17 Å². The number of nitrogens with one attached hydrogen (secondary N) is 2. The summed E-state index contributed by atoms with van der Waals surface area (Å²) in [5.41, 5.74) is 8.01. The number of fused-ring (bicyclic) bond motifs is 1. The number of rotatable bonds is 3. The fourth-order valence-electron chi connectivity index (χ4n) is 1.89. The molecular weight excluding hydrogens is 215 g/mol. The average Bonchev–Trinajstić information content (AvgIpc) is 2.71. The summed E-state index contributed by atoms with van der Waals surface area (Å²) in [6, 6.07) is 0. The number of carbonyl (C=O) groups excluding carboxylic acids is 1. The van der Waals surface area contributed by atoms with Crippen LogP contribution in [0.5, 0.6) is 0 Å². The number of hydrogen-bond acceptors (Lipinski definition) is 4. The molecule has 0 saturated carbocycles. The molecule has 0 aromatic carbocycles. The van der Waals surface area contributed by atoms with E-state index in [4.69, 9.17) is 5.73 Å². The van der Waals surface area contributed by atoms with Crippen LogP contribution in [-0.4, -0.2) is 31.0 Å². The Bertz CT molecular complexity index is 416. The molecule has 0 bridgehead atoms. The van der Waals surface area contributed by atoms with E-state index in [-0.39, 0.29) is 12.1 Å². The first-order chi connectivity index (χ1) is 8.11. The van der Waals surface area contributed by atoms with Gasteiger partial charge in [0.2, 0.25) is 5.91 Å². The highest BCUT2D eigenvalue weighted by atomic mass is 16.1. The minimum absolute atomic E-state index is 0.0462. The van der Waals surface area contributed by atoms with E-state index in [0.29, 0.717) is 6.42 Å². The quantitative estimate of drug-likeness (QED) is 0.427. The van der Waals surface area contributed by atoms with E-state index in [2.05, 4.69) is 22.8 Å². The third kappa shape index (κ3) is 2.36. The highest BCUT2D eigenvalue weighted by Crippen LogP contribution is 2.21. The summed E-state index contributed by atoms with van der Waals surface area (Å²) in [5.74, 6) is -0.0462. The van der Waals surface area contributed by atoms with Crippen LogP contribution in [-0.2, 0) is 4.79 Å². The molecule has 0 aromatic heterocycles. The van der Waals surface area contributed by atoms with Crippen LogP contribution in [0.25, 0.3) is 0 Å². The Morgan fingerprint density at radius 3 is 3.24 bits per heavy atom. The first-order valence-corrected chi connectivity index (χ1v) is 5.78. The molecule has 0 spiro atoms. The lowest BCUT2D eigenvalue weighted by Crippen LogP contribution is -2.47. The highest BCUT2D eigenvalue weighted by Gasteiger charge is 2.28. The average molecular weight is 232 g/mol. The first kappa shape index (κ1) is 11.8. The predicted octanol–water partition coefficient (Wildman–Crippen LogP) is -1.09. The van der Waals surface area contributed by atoms with Crippen molar-refractivity contribution >= 4 is 13.8 Å². The standard InChI is InChI=1S/C11H17BN4O/c1-2-10(17)15-11(13)8-5-14-9-4-3-7(12)6-16(8)9/h3-6,9,11,14H,2,12-13H2,1H3,(H,15,17). The van der Waals surface area contributed by atoms with Gasteiger partial charge in [0.05, 0.1) is 5.70 Å². The number of nitrogens with zero attached hydrogens (tertiary/aromatic N) is 1. The van der Waals surface area contributed by atoms with Gasteiger partial charge in [-0.15, -0.1) is 0 Å². The lowest BCUT2D eigenvalue weighted by atomic mass is 9.94. The Morgan fingerprint density at radius 1 is 1.76 bits per heavy atom. The molecule has 2 unspecified atom stereocenters. The molecular formula is C11H17BN4O. The molecule has 0 saturated heterocycles. The molecule has 0 fully saturated rings. The molecule has 0 aliphatic carbocycles. The van der Waals surface area contributed by atoms with Crippen LogP contribution < -0.4 is 16.4 Å². The largest absolute Gasteiger partial charge is 0.366 e. The normalized spacial score (nSPS) is 23.4. The lowest BCUT2D eigenvalue weighted by molar-refractivity contribution is -0.121. The molecule has 5 nitrogen and oxygen atoms in total. The summed E-state index contributed by atoms with van der Waals surface area (Å²) in [6.45, 7) is 1.81. The number of amides is 1. The Morgan fingerprint density at radius 2 is 2.53 bits per heavy atom. The Balaban J connectivity index is 2.07. The molecule has 2 rings (SSSR count). The summed E-state index contributed by atoms with van der Waals surface area (Å²) in [7, 11) is 2.03. The van der Waals surface area contributed by atoms with Crippen molar-refractivity contribution in [1.82, 2.24) is 15.5 Å². The summed E-state index contributed by atoms with van der Waals surface area (Å²) in [5, 5.41) is 5.96. The van der Waals surface area contributed by atoms with Gasteiger partial charge in [-0.2, -0.15) is 0 Å². The second-order valence-electron chi connectivity index (χ2n) is 4.22. The predicted molar refractivity (Wildman–Crippen MR) is 69.0 cm³/mol. The van der Waals surface area contributed by atoms with Crippen molar-refractivity contribution in [3.8, 4) is 0 Å². The van der Waals surface area contributed by atoms with Crippen LogP contribution in [0.3, 0.4) is 0 Å². The number of hydrogen-bond donors (Lipinski definition) is 3. The van der Waals surface area contributed by atoms with E-state index >= 15 is 0 Å². The Hall–Kier alpha value is -1.69. The van der Waals surface area contributed by atoms with Crippen LogP contribution in [0.1, 0.15) is 13.3 Å². The second kappa shape index (κ2) is 4.67. The molecule has 90 valence electrons. The van der Waals surface area contributed by atoms with Crippen molar-refractivity contribution < 1.29 is 4.79 Å². The van der Waals surface area contributed by atoms with E-state index in [9.17, 15) is 4.79 Å². The van der Waals surface area contributed by atoms with Crippen LogP contribution in [0.15, 0.2) is 35.7 Å². The van der Waals surface area contributed by atoms with Gasteiger partial charge in [-0.25, -0.2) is 0 Å². The van der Waals surface area contributed by atoms with E-state index in [1.54, 1.807) is 6.92 Å². The molecule has 2 aliphatic heterocycles. The molecule has 0 aromatic rings. The Kier molecular flexibility index (Phi) is 3.24. The summed E-state index contributed by atoms with van der Waals surface area (Å²) < 4.78 is 0. The zero-order valence-corrected chi connectivity index (χ0v) is 10.1. The van der Waals surface area contributed by atoms with Gasteiger partial charge in [0.15, 0.2) is 0 Å². The zero-order valence-electron chi connectivity index (χ0n) is 10.1. The van der Waals surface area contributed by atoms with E-state index in [1.165, 1.54) is 0 Å². The number of allylic oxidation sites excluding steroid dienone is 2. The number of carbonyl (C=O) groups is 1. The van der Waals surface area contributed by atoms with Crippen LogP contribution in [0.2, 0.25) is 0 Å². The first-order valence-electron chi connectivity index (χ1n) is 5.78.